The quantitative estimate of drug-likeness (QED) is 0.147. The van der Waals surface area contributed by atoms with Gasteiger partial charge < -0.3 is 24.4 Å². The number of esters is 1. The Hall–Kier alpha value is -3.65. The molecule has 1 unspecified atom stereocenters. The van der Waals surface area contributed by atoms with Gasteiger partial charge in [0.2, 0.25) is 0 Å². The van der Waals surface area contributed by atoms with Crippen LogP contribution in [0.2, 0.25) is 0 Å². The van der Waals surface area contributed by atoms with Crippen molar-refractivity contribution in [1.82, 2.24) is 9.80 Å². The molecule has 8 heteroatoms. The van der Waals surface area contributed by atoms with Gasteiger partial charge >= 0.3 is 5.97 Å². The smallest absolute Gasteiger partial charge is 0.308 e. The minimum Gasteiger partial charge on any atom is -0.507 e. The molecule has 1 saturated heterocycles. The normalized spacial score (nSPS) is 16.9. The van der Waals surface area contributed by atoms with Crippen molar-refractivity contribution in [3.05, 3.63) is 64.7 Å². The summed E-state index contributed by atoms with van der Waals surface area (Å²) in [7, 11) is 0. The van der Waals surface area contributed by atoms with Crippen LogP contribution in [0, 0.1) is 0 Å². The van der Waals surface area contributed by atoms with Crippen molar-refractivity contribution in [2.75, 3.05) is 32.8 Å². The molecule has 0 aromatic heterocycles. The molecule has 0 radical (unpaired) electrons. The van der Waals surface area contributed by atoms with E-state index >= 15 is 0 Å². The van der Waals surface area contributed by atoms with Gasteiger partial charge in [-0.25, -0.2) is 0 Å². The van der Waals surface area contributed by atoms with E-state index in [0.717, 1.165) is 24.4 Å². The van der Waals surface area contributed by atoms with Crippen molar-refractivity contribution in [2.24, 2.45) is 0 Å². The largest absolute Gasteiger partial charge is 0.507 e. The average Bonchev–Trinajstić information content (AvgIpc) is 3.14. The first kappa shape index (κ1) is 28.9. The van der Waals surface area contributed by atoms with E-state index in [4.69, 9.17) is 9.47 Å². The van der Waals surface area contributed by atoms with Crippen LogP contribution in [0.4, 0.5) is 0 Å². The van der Waals surface area contributed by atoms with Crippen LogP contribution >= 0.6 is 0 Å². The van der Waals surface area contributed by atoms with E-state index in [1.165, 1.54) is 11.8 Å². The van der Waals surface area contributed by atoms with Gasteiger partial charge in [-0.1, -0.05) is 39.8 Å². The molecule has 2 aromatic rings. The van der Waals surface area contributed by atoms with E-state index in [0.29, 0.717) is 36.6 Å². The number of Topliss-reactive ketones (excluding diaryl/α,β-unsaturated/α-hetero) is 1. The summed E-state index contributed by atoms with van der Waals surface area (Å²) in [6.45, 7) is 14.4. The van der Waals surface area contributed by atoms with Gasteiger partial charge in [0.05, 0.1) is 18.2 Å². The van der Waals surface area contributed by atoms with Crippen molar-refractivity contribution < 1.29 is 29.0 Å². The number of aliphatic hydroxyl groups is 1. The summed E-state index contributed by atoms with van der Waals surface area (Å²) in [6.07, 6.45) is 0. The van der Waals surface area contributed by atoms with E-state index < -0.39 is 23.7 Å². The number of aliphatic hydroxyl groups excluding tert-OH is 1. The molecule has 1 N–H and O–H groups in total. The number of likely N-dealkylation sites (N-methyl/N-ethyl adjacent to an activating group) is 1. The lowest BCUT2D eigenvalue weighted by Gasteiger charge is -2.28. The van der Waals surface area contributed by atoms with Crippen LogP contribution in [0.15, 0.2) is 48.0 Å². The van der Waals surface area contributed by atoms with Gasteiger partial charge in [0.25, 0.3) is 11.7 Å². The molecule has 0 aliphatic carbocycles. The maximum Gasteiger partial charge on any atom is 0.308 e. The van der Waals surface area contributed by atoms with Crippen molar-refractivity contribution in [3.63, 3.8) is 0 Å². The zero-order valence-electron chi connectivity index (χ0n) is 23.1. The van der Waals surface area contributed by atoms with Crippen molar-refractivity contribution in [2.45, 2.75) is 53.5 Å². The fraction of sp³-hybridized carbons (Fsp3) is 0.433. The molecule has 2 aromatic carbocycles. The van der Waals surface area contributed by atoms with Crippen molar-refractivity contribution in [3.8, 4) is 11.5 Å². The molecule has 3 rings (SSSR count). The molecule has 1 atom stereocenters. The standard InChI is InChI=1S/C30H38N2O6/c1-7-31(8-2)16-17-32-27(21-10-13-23(14-11-21)38-20(6)33)26(29(35)30(32)36)28(34)22-12-15-25(37-9-3)24(18-22)19(4)5/h10-15,18-19,27,34H,7-9,16-17H2,1-6H3/b28-26-. The Balaban J connectivity index is 2.13. The molecule has 1 amide bonds. The van der Waals surface area contributed by atoms with E-state index in [9.17, 15) is 19.5 Å². The van der Waals surface area contributed by atoms with Crippen molar-refractivity contribution in [1.29, 1.82) is 0 Å². The Kier molecular flexibility index (Phi) is 9.69. The highest BCUT2D eigenvalue weighted by Crippen LogP contribution is 2.40. The van der Waals surface area contributed by atoms with Crippen LogP contribution in [-0.2, 0) is 14.4 Å². The summed E-state index contributed by atoms with van der Waals surface area (Å²) in [4.78, 5) is 41.7. The van der Waals surface area contributed by atoms with Gasteiger partial charge in [0.15, 0.2) is 0 Å². The predicted molar refractivity (Wildman–Crippen MR) is 146 cm³/mol. The van der Waals surface area contributed by atoms with Gasteiger partial charge in [-0.15, -0.1) is 0 Å². The predicted octanol–water partition coefficient (Wildman–Crippen LogP) is 4.90. The first-order valence-electron chi connectivity index (χ1n) is 13.2. The topological polar surface area (TPSA) is 96.4 Å². The molecule has 8 nitrogen and oxygen atoms in total. The minimum absolute atomic E-state index is 0.0358. The van der Waals surface area contributed by atoms with E-state index in [1.807, 2.05) is 40.7 Å². The lowest BCUT2D eigenvalue weighted by molar-refractivity contribution is -0.140. The number of hydrogen-bond acceptors (Lipinski definition) is 7. The maximum atomic E-state index is 13.4. The van der Waals surface area contributed by atoms with Gasteiger partial charge in [-0.05, 0) is 67.4 Å². The van der Waals surface area contributed by atoms with E-state index in [1.54, 1.807) is 36.4 Å². The summed E-state index contributed by atoms with van der Waals surface area (Å²) in [5, 5.41) is 11.5. The zero-order valence-corrected chi connectivity index (χ0v) is 23.1. The Morgan fingerprint density at radius 2 is 1.71 bits per heavy atom. The molecule has 38 heavy (non-hydrogen) atoms. The highest BCUT2D eigenvalue weighted by atomic mass is 16.5. The Bertz CT molecular complexity index is 1200. The Labute approximate surface area is 224 Å². The second kappa shape index (κ2) is 12.7. The van der Waals surface area contributed by atoms with Crippen LogP contribution in [0.25, 0.3) is 5.76 Å². The van der Waals surface area contributed by atoms with Crippen LogP contribution in [0.1, 0.15) is 70.2 Å². The lowest BCUT2D eigenvalue weighted by atomic mass is 9.93. The minimum atomic E-state index is -0.786. The third kappa shape index (κ3) is 6.25. The molecule has 0 spiro atoms. The number of carbonyl (C=O) groups excluding carboxylic acids is 3. The summed E-state index contributed by atoms with van der Waals surface area (Å²) in [5.74, 6) is -0.859. The molecule has 204 valence electrons. The molecule has 0 bridgehead atoms. The fourth-order valence-corrected chi connectivity index (χ4v) is 4.72. The molecule has 1 heterocycles. The van der Waals surface area contributed by atoms with Crippen LogP contribution in [0.3, 0.4) is 0 Å². The third-order valence-electron chi connectivity index (χ3n) is 6.75. The Morgan fingerprint density at radius 3 is 2.26 bits per heavy atom. The average molecular weight is 523 g/mol. The number of hydrogen-bond donors (Lipinski definition) is 1. The maximum absolute atomic E-state index is 13.4. The summed E-state index contributed by atoms with van der Waals surface area (Å²) >= 11 is 0. The number of rotatable bonds is 11. The van der Waals surface area contributed by atoms with Gasteiger partial charge in [-0.2, -0.15) is 0 Å². The summed E-state index contributed by atoms with van der Waals surface area (Å²) in [6, 6.07) is 11.2. The summed E-state index contributed by atoms with van der Waals surface area (Å²) < 4.78 is 10.9. The SMILES string of the molecule is CCOc1ccc(/C(O)=C2/C(=O)C(=O)N(CCN(CC)CC)C2c2ccc(OC(C)=O)cc2)cc1C(C)C. The lowest BCUT2D eigenvalue weighted by Crippen LogP contribution is -2.38. The van der Waals surface area contributed by atoms with E-state index in [-0.39, 0.29) is 17.3 Å². The Morgan fingerprint density at radius 1 is 1.05 bits per heavy atom. The second-order valence-corrected chi connectivity index (χ2v) is 9.52. The number of benzene rings is 2. The first-order chi connectivity index (χ1) is 18.1. The number of amides is 1. The zero-order chi connectivity index (χ0) is 28.0. The highest BCUT2D eigenvalue weighted by Gasteiger charge is 2.46. The number of ether oxygens (including phenoxy) is 2. The number of nitrogens with zero attached hydrogens (tertiary/aromatic N) is 2. The van der Waals surface area contributed by atoms with Crippen molar-refractivity contribution >= 4 is 23.4 Å². The van der Waals surface area contributed by atoms with Crippen LogP contribution in [0.5, 0.6) is 11.5 Å². The highest BCUT2D eigenvalue weighted by molar-refractivity contribution is 6.46. The molecular weight excluding hydrogens is 484 g/mol. The number of likely N-dealkylation sites (tertiary alicyclic amines) is 1. The van der Waals surface area contributed by atoms with Gasteiger partial charge in [-0.3, -0.25) is 14.4 Å². The third-order valence-corrected chi connectivity index (χ3v) is 6.75. The monoisotopic (exact) mass is 522 g/mol. The van der Waals surface area contributed by atoms with Gasteiger partial charge in [0.1, 0.15) is 17.3 Å². The molecule has 0 saturated carbocycles. The molecule has 1 aliphatic rings. The first-order valence-corrected chi connectivity index (χ1v) is 13.2. The second-order valence-electron chi connectivity index (χ2n) is 9.52. The fourth-order valence-electron chi connectivity index (χ4n) is 4.72. The molecular formula is C30H38N2O6. The molecule has 1 aliphatic heterocycles. The number of ketones is 1. The van der Waals surface area contributed by atoms with E-state index in [2.05, 4.69) is 4.90 Å². The van der Waals surface area contributed by atoms with Crippen LogP contribution < -0.4 is 9.47 Å². The summed E-state index contributed by atoms with van der Waals surface area (Å²) in [5.41, 5.74) is 2.01. The van der Waals surface area contributed by atoms with Crippen LogP contribution in [-0.4, -0.2) is 65.4 Å². The molecule has 1 fully saturated rings. The van der Waals surface area contributed by atoms with Gasteiger partial charge in [0, 0.05) is 25.6 Å². The number of carbonyl (C=O) groups is 3.